The summed E-state index contributed by atoms with van der Waals surface area (Å²) in [5, 5.41) is 13.3. The first-order valence-corrected chi connectivity index (χ1v) is 6.10. The van der Waals surface area contributed by atoms with E-state index < -0.39 is 17.3 Å². The molecular weight excluding hydrogens is 300 g/mol. The molecule has 22 heavy (non-hydrogen) atoms. The van der Waals surface area contributed by atoms with Crippen LogP contribution < -0.4 is 21.5 Å². The van der Waals surface area contributed by atoms with E-state index in [1.165, 1.54) is 24.3 Å². The Morgan fingerprint density at radius 2 is 2.05 bits per heavy atom. The van der Waals surface area contributed by atoms with Crippen LogP contribution in [0.4, 0.5) is 8.78 Å². The predicted octanol–water partition coefficient (Wildman–Crippen LogP) is 0.522. The largest absolute Gasteiger partial charge is 0.435 e. The van der Waals surface area contributed by atoms with E-state index in [9.17, 15) is 18.9 Å². The van der Waals surface area contributed by atoms with Crippen molar-refractivity contribution in [2.24, 2.45) is 16.5 Å². The van der Waals surface area contributed by atoms with Gasteiger partial charge in [-0.2, -0.15) is 8.78 Å². The number of nitrogens with zero attached hydrogens (tertiary/aromatic N) is 2. The molecule has 2 rings (SSSR count). The number of aliphatic imine (C=N–C) groups is 1. The van der Waals surface area contributed by atoms with Crippen molar-refractivity contribution in [1.29, 1.82) is 0 Å². The van der Waals surface area contributed by atoms with Gasteiger partial charge in [-0.25, -0.2) is 4.99 Å². The quantitative estimate of drug-likeness (QED) is 0.537. The van der Waals surface area contributed by atoms with Crippen LogP contribution in [0.2, 0.25) is 0 Å². The lowest BCUT2D eigenvalue weighted by atomic mass is 10.1. The number of nitro groups is 1. The second-order valence-corrected chi connectivity index (χ2v) is 4.55. The minimum Gasteiger partial charge on any atom is -0.435 e. The molecule has 1 aliphatic rings. The number of hydrogen-bond acceptors (Lipinski definition) is 7. The van der Waals surface area contributed by atoms with Crippen LogP contribution in [0.25, 0.3) is 0 Å². The van der Waals surface area contributed by atoms with Crippen molar-refractivity contribution in [2.75, 3.05) is 0 Å². The highest BCUT2D eigenvalue weighted by Gasteiger charge is 2.32. The van der Waals surface area contributed by atoms with Crippen molar-refractivity contribution in [3.05, 3.63) is 51.8 Å². The molecule has 0 saturated carbocycles. The fraction of sp³-hybridized carbons (Fsp3) is 0.250. The third kappa shape index (κ3) is 3.67. The number of benzene rings is 1. The van der Waals surface area contributed by atoms with Crippen molar-refractivity contribution in [3.63, 3.8) is 0 Å². The predicted molar refractivity (Wildman–Crippen MR) is 73.5 cm³/mol. The Labute approximate surface area is 123 Å². The Hall–Kier alpha value is -2.75. The minimum atomic E-state index is -2.90. The number of alkyl halides is 2. The summed E-state index contributed by atoms with van der Waals surface area (Å²) >= 11 is 0. The van der Waals surface area contributed by atoms with Crippen LogP contribution in [0, 0.1) is 10.1 Å². The maximum absolute atomic E-state index is 12.1. The zero-order valence-corrected chi connectivity index (χ0v) is 11.2. The van der Waals surface area contributed by atoms with Gasteiger partial charge in [0, 0.05) is 6.42 Å². The topological polar surface area (TPSA) is 129 Å². The van der Waals surface area contributed by atoms with Gasteiger partial charge in [0.25, 0.3) is 0 Å². The highest BCUT2D eigenvalue weighted by atomic mass is 19.3. The lowest BCUT2D eigenvalue weighted by Crippen LogP contribution is -2.55. The van der Waals surface area contributed by atoms with E-state index in [-0.39, 0.29) is 23.7 Å². The van der Waals surface area contributed by atoms with Gasteiger partial charge < -0.3 is 15.8 Å². The molecule has 0 amide bonds. The van der Waals surface area contributed by atoms with Crippen LogP contribution in [-0.4, -0.2) is 23.2 Å². The average Bonchev–Trinajstić information content (AvgIpc) is 2.39. The van der Waals surface area contributed by atoms with Gasteiger partial charge in [0.15, 0.2) is 5.79 Å². The van der Waals surface area contributed by atoms with Crippen molar-refractivity contribution >= 4 is 5.84 Å². The molecule has 118 valence electrons. The van der Waals surface area contributed by atoms with Crippen LogP contribution >= 0.6 is 0 Å². The number of amidine groups is 1. The molecule has 1 heterocycles. The molecule has 0 radical (unpaired) electrons. The van der Waals surface area contributed by atoms with E-state index in [4.69, 9.17) is 11.5 Å². The maximum atomic E-state index is 12.1. The van der Waals surface area contributed by atoms with Gasteiger partial charge in [0.2, 0.25) is 5.84 Å². The molecule has 1 aromatic carbocycles. The zero-order chi connectivity index (χ0) is 16.3. The van der Waals surface area contributed by atoms with Crippen molar-refractivity contribution < 1.29 is 18.4 Å². The monoisotopic (exact) mass is 313 g/mol. The maximum Gasteiger partial charge on any atom is 0.387 e. The minimum absolute atomic E-state index is 0.0139. The second-order valence-electron chi connectivity index (χ2n) is 4.55. The summed E-state index contributed by atoms with van der Waals surface area (Å²) in [6.45, 7) is -2.90. The standard InChI is InChI=1S/C12H13F2N5O3/c13-11(14)22-8-3-1-7(2-4-8)5-12(16)17-6-9(19(20)21)10(15)18-12/h1-4,6,11,17H,5,16H2,(H2,15,18). The van der Waals surface area contributed by atoms with Crippen molar-refractivity contribution in [2.45, 2.75) is 18.8 Å². The van der Waals surface area contributed by atoms with Crippen LogP contribution in [0.3, 0.4) is 0 Å². The van der Waals surface area contributed by atoms with Gasteiger partial charge in [-0.1, -0.05) is 12.1 Å². The molecule has 10 heteroatoms. The Bertz CT molecular complexity index is 632. The second kappa shape index (κ2) is 5.93. The molecular formula is C12H13F2N5O3. The first-order valence-electron chi connectivity index (χ1n) is 6.10. The SMILES string of the molecule is NC1=NC(N)(Cc2ccc(OC(F)F)cc2)NC=C1[N+](=O)[O-]. The van der Waals surface area contributed by atoms with Gasteiger partial charge in [-0.15, -0.1) is 0 Å². The summed E-state index contributed by atoms with van der Waals surface area (Å²) in [5.74, 6) is -1.63. The highest BCUT2D eigenvalue weighted by Crippen LogP contribution is 2.19. The Morgan fingerprint density at radius 3 is 2.55 bits per heavy atom. The molecule has 0 aromatic heterocycles. The number of nitrogens with two attached hydrogens (primary N) is 2. The summed E-state index contributed by atoms with van der Waals surface area (Å²) < 4.78 is 28.3. The average molecular weight is 313 g/mol. The summed E-state index contributed by atoms with van der Waals surface area (Å²) in [5.41, 5.74) is 11.8. The molecule has 1 aliphatic heterocycles. The molecule has 1 atom stereocenters. The van der Waals surface area contributed by atoms with E-state index in [0.29, 0.717) is 5.56 Å². The summed E-state index contributed by atoms with van der Waals surface area (Å²) in [6, 6.07) is 5.79. The number of hydrogen-bond donors (Lipinski definition) is 3. The van der Waals surface area contributed by atoms with E-state index in [0.717, 1.165) is 6.20 Å². The number of nitrogens with one attached hydrogen (secondary N) is 1. The zero-order valence-electron chi connectivity index (χ0n) is 11.2. The number of rotatable bonds is 5. The molecule has 1 unspecified atom stereocenters. The fourth-order valence-corrected chi connectivity index (χ4v) is 1.91. The number of halogens is 2. The highest BCUT2D eigenvalue weighted by molar-refractivity contribution is 5.95. The van der Waals surface area contributed by atoms with Gasteiger partial charge >= 0.3 is 12.3 Å². The Kier molecular flexibility index (Phi) is 4.22. The number of ether oxygens (including phenoxy) is 1. The van der Waals surface area contributed by atoms with Gasteiger partial charge in [-0.3, -0.25) is 15.8 Å². The van der Waals surface area contributed by atoms with Crippen molar-refractivity contribution in [1.82, 2.24) is 5.32 Å². The summed E-state index contributed by atoms with van der Waals surface area (Å²) in [6.07, 6.45) is 1.22. The first kappa shape index (κ1) is 15.6. The van der Waals surface area contributed by atoms with Crippen molar-refractivity contribution in [3.8, 4) is 5.75 Å². The molecule has 5 N–H and O–H groups in total. The Balaban J connectivity index is 2.09. The lowest BCUT2D eigenvalue weighted by Gasteiger charge is -2.28. The molecule has 8 nitrogen and oxygen atoms in total. The van der Waals surface area contributed by atoms with Crippen LogP contribution in [0.15, 0.2) is 41.2 Å². The molecule has 0 saturated heterocycles. The molecule has 0 bridgehead atoms. The van der Waals surface area contributed by atoms with Crippen LogP contribution in [0.1, 0.15) is 5.56 Å². The third-order valence-corrected chi connectivity index (χ3v) is 2.86. The molecule has 0 fully saturated rings. The van der Waals surface area contributed by atoms with E-state index in [2.05, 4.69) is 15.0 Å². The first-order chi connectivity index (χ1) is 10.3. The Morgan fingerprint density at radius 1 is 1.41 bits per heavy atom. The van der Waals surface area contributed by atoms with Gasteiger partial charge in [0.05, 0.1) is 11.1 Å². The normalized spacial score (nSPS) is 20.9. The third-order valence-electron chi connectivity index (χ3n) is 2.86. The summed E-state index contributed by atoms with van der Waals surface area (Å²) in [4.78, 5) is 13.9. The molecule has 1 aromatic rings. The van der Waals surface area contributed by atoms with E-state index in [1.54, 1.807) is 0 Å². The van der Waals surface area contributed by atoms with Crippen LogP contribution in [0.5, 0.6) is 5.75 Å². The van der Waals surface area contributed by atoms with Gasteiger partial charge in [0.1, 0.15) is 5.75 Å². The fourth-order valence-electron chi connectivity index (χ4n) is 1.91. The summed E-state index contributed by atoms with van der Waals surface area (Å²) in [7, 11) is 0. The smallest absolute Gasteiger partial charge is 0.387 e. The van der Waals surface area contributed by atoms with Gasteiger partial charge in [-0.05, 0) is 17.7 Å². The van der Waals surface area contributed by atoms with E-state index >= 15 is 0 Å². The van der Waals surface area contributed by atoms with Crippen LogP contribution in [-0.2, 0) is 6.42 Å². The lowest BCUT2D eigenvalue weighted by molar-refractivity contribution is -0.416. The van der Waals surface area contributed by atoms with E-state index in [1.807, 2.05) is 0 Å². The molecule has 0 aliphatic carbocycles. The molecule has 0 spiro atoms.